The molecule has 0 aliphatic rings. The highest BCUT2D eigenvalue weighted by Gasteiger charge is 2.22. The molecule has 0 amide bonds. The van der Waals surface area contributed by atoms with Gasteiger partial charge in [0.1, 0.15) is 0 Å². The maximum Gasteiger partial charge on any atom is 0.279 e. The van der Waals surface area contributed by atoms with E-state index in [0.717, 1.165) is 0 Å². The van der Waals surface area contributed by atoms with Gasteiger partial charge < -0.3 is 14.6 Å². The van der Waals surface area contributed by atoms with E-state index >= 15 is 0 Å². The van der Waals surface area contributed by atoms with Gasteiger partial charge >= 0.3 is 0 Å². The number of methoxy groups -OCH3 is 1. The van der Waals surface area contributed by atoms with Crippen LogP contribution in [0.15, 0.2) is 0 Å². The van der Waals surface area contributed by atoms with Crippen molar-refractivity contribution < 1.29 is 19.3 Å². The Balaban J connectivity index is 3.64. The minimum absolute atomic E-state index is 0.463. The van der Waals surface area contributed by atoms with Crippen LogP contribution < -0.4 is 0 Å². The van der Waals surface area contributed by atoms with Crippen LogP contribution in [0.5, 0.6) is 0 Å². The Morgan fingerprint density at radius 3 is 2.45 bits per heavy atom. The molecule has 0 aliphatic carbocycles. The number of hydrogen-bond acceptors (Lipinski definition) is 4. The van der Waals surface area contributed by atoms with Gasteiger partial charge in [0.25, 0.3) is 5.97 Å². The molecule has 11 heavy (non-hydrogen) atoms. The number of hydrogen-bond donors (Lipinski definition) is 1. The second-order valence-corrected chi connectivity index (χ2v) is 2.24. The van der Waals surface area contributed by atoms with Crippen molar-refractivity contribution in [2.45, 2.75) is 33.0 Å². The van der Waals surface area contributed by atoms with E-state index in [1.165, 1.54) is 14.0 Å². The lowest BCUT2D eigenvalue weighted by atomic mass is 10.6. The summed E-state index contributed by atoms with van der Waals surface area (Å²) in [4.78, 5) is 0. The van der Waals surface area contributed by atoms with Crippen LogP contribution >= 0.6 is 0 Å². The second-order valence-electron chi connectivity index (χ2n) is 2.24. The van der Waals surface area contributed by atoms with Crippen LogP contribution in [-0.2, 0) is 14.2 Å². The minimum atomic E-state index is -1.56. The third kappa shape index (κ3) is 5.15. The van der Waals surface area contributed by atoms with Crippen molar-refractivity contribution in [2.75, 3.05) is 13.7 Å². The molecule has 0 bridgehead atoms. The molecule has 2 unspecified atom stereocenters. The molecule has 2 atom stereocenters. The average Bonchev–Trinajstić information content (AvgIpc) is 1.87. The molecule has 0 rings (SSSR count). The predicted molar refractivity (Wildman–Crippen MR) is 39.8 cm³/mol. The van der Waals surface area contributed by atoms with Gasteiger partial charge in [0.2, 0.25) is 0 Å². The van der Waals surface area contributed by atoms with Gasteiger partial charge in [0.15, 0.2) is 6.29 Å². The molecule has 0 aromatic heterocycles. The monoisotopic (exact) mass is 164 g/mol. The van der Waals surface area contributed by atoms with Crippen molar-refractivity contribution in [3.8, 4) is 0 Å². The molecule has 0 saturated carbocycles. The molecule has 0 aromatic rings. The van der Waals surface area contributed by atoms with Crippen LogP contribution in [-0.4, -0.2) is 31.1 Å². The lowest BCUT2D eigenvalue weighted by molar-refractivity contribution is -0.382. The summed E-state index contributed by atoms with van der Waals surface area (Å²) in [6, 6.07) is 0. The Morgan fingerprint density at radius 1 is 1.55 bits per heavy atom. The topological polar surface area (TPSA) is 47.9 Å². The third-order valence-electron chi connectivity index (χ3n) is 1.16. The summed E-state index contributed by atoms with van der Waals surface area (Å²) in [6.07, 6.45) is -0.463. The molecular weight excluding hydrogens is 148 g/mol. The first-order valence-corrected chi connectivity index (χ1v) is 3.58. The predicted octanol–water partition coefficient (Wildman–Crippen LogP) is 0.698. The zero-order valence-corrected chi connectivity index (χ0v) is 7.46. The molecule has 0 radical (unpaired) electrons. The Bertz CT molecular complexity index is 103. The quantitative estimate of drug-likeness (QED) is 0.607. The Hall–Kier alpha value is -0.160. The largest absolute Gasteiger partial charge is 0.353 e. The molecule has 4 heteroatoms. The van der Waals surface area contributed by atoms with Crippen LogP contribution in [0.25, 0.3) is 0 Å². The van der Waals surface area contributed by atoms with Gasteiger partial charge in [-0.15, -0.1) is 0 Å². The summed E-state index contributed by atoms with van der Waals surface area (Å²) in [6.45, 7) is 5.49. The molecule has 68 valence electrons. The van der Waals surface area contributed by atoms with Crippen molar-refractivity contribution in [3.63, 3.8) is 0 Å². The van der Waals surface area contributed by atoms with Gasteiger partial charge in [0, 0.05) is 20.6 Å². The van der Waals surface area contributed by atoms with Crippen molar-refractivity contribution >= 4 is 0 Å². The first-order valence-electron chi connectivity index (χ1n) is 3.58. The standard InChI is InChI=1S/C7H16O4/c1-5-10-6(2)11-7(3,8)9-4/h6,8H,5H2,1-4H3. The van der Waals surface area contributed by atoms with Crippen molar-refractivity contribution in [2.24, 2.45) is 0 Å². The highest BCUT2D eigenvalue weighted by molar-refractivity contribution is 4.41. The molecule has 0 spiro atoms. The molecule has 0 aliphatic heterocycles. The van der Waals surface area contributed by atoms with Crippen LogP contribution in [0.3, 0.4) is 0 Å². The maximum absolute atomic E-state index is 9.20. The Kier molecular flexibility index (Phi) is 4.60. The minimum Gasteiger partial charge on any atom is -0.353 e. The molecule has 1 N–H and O–H groups in total. The van der Waals surface area contributed by atoms with Crippen molar-refractivity contribution in [1.82, 2.24) is 0 Å². The fourth-order valence-electron chi connectivity index (χ4n) is 0.625. The highest BCUT2D eigenvalue weighted by Crippen LogP contribution is 2.09. The first-order chi connectivity index (χ1) is 5.02. The fourth-order valence-corrected chi connectivity index (χ4v) is 0.625. The maximum atomic E-state index is 9.20. The van der Waals surface area contributed by atoms with E-state index < -0.39 is 12.3 Å². The van der Waals surface area contributed by atoms with Crippen molar-refractivity contribution in [3.05, 3.63) is 0 Å². The summed E-state index contributed by atoms with van der Waals surface area (Å²) >= 11 is 0. The van der Waals surface area contributed by atoms with Crippen molar-refractivity contribution in [1.29, 1.82) is 0 Å². The zero-order chi connectivity index (χ0) is 8.91. The molecule has 0 fully saturated rings. The molecule has 0 heterocycles. The highest BCUT2D eigenvalue weighted by atomic mass is 16.9. The summed E-state index contributed by atoms with van der Waals surface area (Å²) < 4.78 is 14.6. The Labute approximate surface area is 67.1 Å². The second kappa shape index (κ2) is 4.66. The van der Waals surface area contributed by atoms with Gasteiger partial charge in [-0.05, 0) is 13.8 Å². The summed E-state index contributed by atoms with van der Waals surface area (Å²) in [7, 11) is 1.36. The lowest BCUT2D eigenvalue weighted by Gasteiger charge is -2.25. The molecule has 0 saturated heterocycles. The molecule has 4 nitrogen and oxygen atoms in total. The first kappa shape index (κ1) is 10.8. The molecular formula is C7H16O4. The number of aliphatic hydroxyl groups is 1. The number of rotatable bonds is 5. The Morgan fingerprint density at radius 2 is 2.09 bits per heavy atom. The van der Waals surface area contributed by atoms with Crippen LogP contribution in [0.1, 0.15) is 20.8 Å². The zero-order valence-electron chi connectivity index (χ0n) is 7.46. The van der Waals surface area contributed by atoms with E-state index in [1.807, 2.05) is 6.92 Å². The molecule has 0 aromatic carbocycles. The van der Waals surface area contributed by atoms with Crippen LogP contribution in [0.4, 0.5) is 0 Å². The van der Waals surface area contributed by atoms with Gasteiger partial charge in [-0.2, -0.15) is 0 Å². The fraction of sp³-hybridized carbons (Fsp3) is 1.00. The van der Waals surface area contributed by atoms with Crippen LogP contribution in [0, 0.1) is 0 Å². The average molecular weight is 164 g/mol. The van der Waals surface area contributed by atoms with Gasteiger partial charge in [0.05, 0.1) is 0 Å². The third-order valence-corrected chi connectivity index (χ3v) is 1.16. The van der Waals surface area contributed by atoms with E-state index in [4.69, 9.17) is 9.47 Å². The van der Waals surface area contributed by atoms with Gasteiger partial charge in [-0.1, -0.05) is 0 Å². The van der Waals surface area contributed by atoms with Gasteiger partial charge in [-0.3, -0.25) is 4.74 Å². The van der Waals surface area contributed by atoms with E-state index in [-0.39, 0.29) is 0 Å². The van der Waals surface area contributed by atoms with E-state index in [1.54, 1.807) is 6.92 Å². The van der Waals surface area contributed by atoms with E-state index in [9.17, 15) is 5.11 Å². The van der Waals surface area contributed by atoms with E-state index in [2.05, 4.69) is 4.74 Å². The summed E-state index contributed by atoms with van der Waals surface area (Å²) in [5.74, 6) is -1.56. The number of ether oxygens (including phenoxy) is 3. The van der Waals surface area contributed by atoms with Crippen LogP contribution in [0.2, 0.25) is 0 Å². The summed E-state index contributed by atoms with van der Waals surface area (Å²) in [5, 5.41) is 9.20. The SMILES string of the molecule is CCOC(C)OC(C)(O)OC. The smallest absolute Gasteiger partial charge is 0.279 e. The summed E-state index contributed by atoms with van der Waals surface area (Å²) in [5.41, 5.74) is 0. The lowest BCUT2D eigenvalue weighted by Crippen LogP contribution is -2.35. The van der Waals surface area contributed by atoms with Gasteiger partial charge in [-0.25, -0.2) is 0 Å². The normalized spacial score (nSPS) is 19.4. The van der Waals surface area contributed by atoms with E-state index in [0.29, 0.717) is 6.61 Å².